The van der Waals surface area contributed by atoms with Gasteiger partial charge in [0.2, 0.25) is 5.89 Å². The Morgan fingerprint density at radius 2 is 2.11 bits per heavy atom. The standard InChI is InChI=1S/C21H25ClN4O/c1-16-20(24-21(27-16)18-8-2-3-9-19(18)22)15-25-12-5-4-7-17(25)10-14-26-13-6-11-23-26/h2-3,6,8-9,11,13,17H,4-5,7,10,12,14-15H2,1H3. The van der Waals surface area contributed by atoms with E-state index in [0.29, 0.717) is 17.0 Å². The molecular weight excluding hydrogens is 360 g/mol. The van der Waals surface area contributed by atoms with Crippen molar-refractivity contribution in [3.63, 3.8) is 0 Å². The molecule has 3 heterocycles. The van der Waals surface area contributed by atoms with Gasteiger partial charge in [-0.05, 0) is 50.9 Å². The molecule has 0 amide bonds. The number of rotatable bonds is 6. The van der Waals surface area contributed by atoms with Crippen LogP contribution in [0, 0.1) is 6.92 Å². The molecule has 142 valence electrons. The molecular formula is C21H25ClN4O. The summed E-state index contributed by atoms with van der Waals surface area (Å²) in [6, 6.07) is 10.2. The topological polar surface area (TPSA) is 47.1 Å². The highest BCUT2D eigenvalue weighted by molar-refractivity contribution is 6.33. The van der Waals surface area contributed by atoms with E-state index in [-0.39, 0.29) is 0 Å². The molecule has 3 aromatic rings. The van der Waals surface area contributed by atoms with Crippen molar-refractivity contribution in [2.45, 2.75) is 51.7 Å². The van der Waals surface area contributed by atoms with Crippen LogP contribution >= 0.6 is 11.6 Å². The van der Waals surface area contributed by atoms with Gasteiger partial charge in [0.05, 0.1) is 16.3 Å². The van der Waals surface area contributed by atoms with Gasteiger partial charge in [0.1, 0.15) is 5.76 Å². The van der Waals surface area contributed by atoms with Crippen LogP contribution in [0.5, 0.6) is 0 Å². The zero-order valence-corrected chi connectivity index (χ0v) is 16.4. The number of piperidine rings is 1. The number of aryl methyl sites for hydroxylation is 2. The van der Waals surface area contributed by atoms with E-state index in [1.807, 2.05) is 54.3 Å². The summed E-state index contributed by atoms with van der Waals surface area (Å²) in [6.07, 6.45) is 8.75. The van der Waals surface area contributed by atoms with E-state index in [1.165, 1.54) is 19.3 Å². The summed E-state index contributed by atoms with van der Waals surface area (Å²) in [5.74, 6) is 1.49. The first-order valence-corrected chi connectivity index (χ1v) is 10.0. The lowest BCUT2D eigenvalue weighted by molar-refractivity contribution is 0.125. The molecule has 0 saturated carbocycles. The summed E-state index contributed by atoms with van der Waals surface area (Å²) in [6.45, 7) is 4.88. The van der Waals surface area contributed by atoms with E-state index < -0.39 is 0 Å². The molecule has 1 aliphatic heterocycles. The zero-order chi connectivity index (χ0) is 18.6. The van der Waals surface area contributed by atoms with Gasteiger partial charge in [-0.3, -0.25) is 9.58 Å². The highest BCUT2D eigenvalue weighted by Crippen LogP contribution is 2.30. The molecule has 27 heavy (non-hydrogen) atoms. The van der Waals surface area contributed by atoms with Crippen molar-refractivity contribution in [2.75, 3.05) is 6.54 Å². The van der Waals surface area contributed by atoms with Gasteiger partial charge in [-0.1, -0.05) is 30.2 Å². The number of aromatic nitrogens is 3. The van der Waals surface area contributed by atoms with E-state index >= 15 is 0 Å². The molecule has 0 aliphatic carbocycles. The summed E-state index contributed by atoms with van der Waals surface area (Å²) in [5, 5.41) is 4.99. The van der Waals surface area contributed by atoms with Crippen molar-refractivity contribution in [1.82, 2.24) is 19.7 Å². The fourth-order valence-corrected chi connectivity index (χ4v) is 4.04. The zero-order valence-electron chi connectivity index (χ0n) is 15.6. The van der Waals surface area contributed by atoms with Gasteiger partial charge in [0.25, 0.3) is 0 Å². The summed E-state index contributed by atoms with van der Waals surface area (Å²) >= 11 is 6.31. The van der Waals surface area contributed by atoms with Crippen molar-refractivity contribution >= 4 is 11.6 Å². The first-order chi connectivity index (χ1) is 13.2. The van der Waals surface area contributed by atoms with Crippen molar-refractivity contribution < 1.29 is 4.42 Å². The number of oxazole rings is 1. The van der Waals surface area contributed by atoms with Gasteiger partial charge in [-0.15, -0.1) is 0 Å². The van der Waals surface area contributed by atoms with Gasteiger partial charge in [-0.2, -0.15) is 5.10 Å². The maximum Gasteiger partial charge on any atom is 0.228 e. The lowest BCUT2D eigenvalue weighted by atomic mass is 9.99. The molecule has 1 saturated heterocycles. The van der Waals surface area contributed by atoms with E-state index in [4.69, 9.17) is 21.0 Å². The molecule has 4 rings (SSSR count). The smallest absolute Gasteiger partial charge is 0.228 e. The van der Waals surface area contributed by atoms with Crippen molar-refractivity contribution in [1.29, 1.82) is 0 Å². The molecule has 0 N–H and O–H groups in total. The van der Waals surface area contributed by atoms with Gasteiger partial charge >= 0.3 is 0 Å². The third kappa shape index (κ3) is 4.25. The SMILES string of the molecule is Cc1oc(-c2ccccc2Cl)nc1CN1CCCCC1CCn1cccn1. The van der Waals surface area contributed by atoms with Crippen LogP contribution in [0.15, 0.2) is 47.1 Å². The Kier molecular flexibility index (Phi) is 5.60. The van der Waals surface area contributed by atoms with E-state index in [1.54, 1.807) is 0 Å². The highest BCUT2D eigenvalue weighted by atomic mass is 35.5. The van der Waals surface area contributed by atoms with Gasteiger partial charge in [0.15, 0.2) is 0 Å². The third-order valence-electron chi connectivity index (χ3n) is 5.35. The van der Waals surface area contributed by atoms with E-state index in [9.17, 15) is 0 Å². The van der Waals surface area contributed by atoms with E-state index in [2.05, 4.69) is 10.00 Å². The highest BCUT2D eigenvalue weighted by Gasteiger charge is 2.25. The number of halogens is 1. The normalized spacial score (nSPS) is 18.1. The molecule has 1 atom stereocenters. The summed E-state index contributed by atoms with van der Waals surface area (Å²) in [4.78, 5) is 7.32. The van der Waals surface area contributed by atoms with Crippen molar-refractivity contribution in [2.24, 2.45) is 0 Å². The fourth-order valence-electron chi connectivity index (χ4n) is 3.83. The molecule has 0 bridgehead atoms. The van der Waals surface area contributed by atoms with Crippen LogP contribution in [0.25, 0.3) is 11.5 Å². The Labute approximate surface area is 165 Å². The summed E-state index contributed by atoms with van der Waals surface area (Å²) < 4.78 is 7.96. The number of likely N-dealkylation sites (tertiary alicyclic amines) is 1. The van der Waals surface area contributed by atoms with Crippen molar-refractivity contribution in [3.8, 4) is 11.5 Å². The molecule has 1 aliphatic rings. The predicted octanol–water partition coefficient (Wildman–Crippen LogP) is 4.94. The summed E-state index contributed by atoms with van der Waals surface area (Å²) in [7, 11) is 0. The van der Waals surface area contributed by atoms with Gasteiger partial charge in [-0.25, -0.2) is 4.98 Å². The second-order valence-corrected chi connectivity index (χ2v) is 7.59. The molecule has 1 aromatic carbocycles. The van der Waals surface area contributed by atoms with Gasteiger partial charge < -0.3 is 4.42 Å². The largest absolute Gasteiger partial charge is 0.441 e. The fraction of sp³-hybridized carbons (Fsp3) is 0.429. The Hall–Kier alpha value is -2.11. The Balaban J connectivity index is 1.47. The van der Waals surface area contributed by atoms with Crippen LogP contribution in [-0.4, -0.2) is 32.3 Å². The molecule has 6 heteroatoms. The minimum Gasteiger partial charge on any atom is -0.441 e. The second kappa shape index (κ2) is 8.28. The van der Waals surface area contributed by atoms with Crippen LogP contribution < -0.4 is 0 Å². The summed E-state index contributed by atoms with van der Waals surface area (Å²) in [5.41, 5.74) is 1.86. The Morgan fingerprint density at radius 3 is 2.93 bits per heavy atom. The average Bonchev–Trinajstić information content (AvgIpc) is 3.32. The maximum absolute atomic E-state index is 6.31. The Morgan fingerprint density at radius 1 is 1.22 bits per heavy atom. The monoisotopic (exact) mass is 384 g/mol. The molecule has 0 spiro atoms. The maximum atomic E-state index is 6.31. The molecule has 0 radical (unpaired) electrons. The Bertz CT molecular complexity index is 874. The van der Waals surface area contributed by atoms with Crippen LogP contribution in [0.2, 0.25) is 5.02 Å². The average molecular weight is 385 g/mol. The number of hydrogen-bond acceptors (Lipinski definition) is 4. The minimum absolute atomic E-state index is 0.558. The van der Waals surface area contributed by atoms with Crippen LogP contribution in [0.4, 0.5) is 0 Å². The number of benzene rings is 1. The molecule has 1 unspecified atom stereocenters. The van der Waals surface area contributed by atoms with E-state index in [0.717, 1.165) is 43.1 Å². The quantitative estimate of drug-likeness (QED) is 0.603. The number of hydrogen-bond donors (Lipinski definition) is 0. The molecule has 1 fully saturated rings. The first kappa shape index (κ1) is 18.3. The molecule has 2 aromatic heterocycles. The minimum atomic E-state index is 0.558. The lowest BCUT2D eigenvalue weighted by Crippen LogP contribution is -2.39. The lowest BCUT2D eigenvalue weighted by Gasteiger charge is -2.35. The van der Waals surface area contributed by atoms with Gasteiger partial charge in [0, 0.05) is 31.5 Å². The number of nitrogens with zero attached hydrogens (tertiary/aromatic N) is 4. The predicted molar refractivity (Wildman–Crippen MR) is 107 cm³/mol. The third-order valence-corrected chi connectivity index (χ3v) is 5.68. The molecule has 5 nitrogen and oxygen atoms in total. The first-order valence-electron chi connectivity index (χ1n) is 9.63. The van der Waals surface area contributed by atoms with Crippen LogP contribution in [-0.2, 0) is 13.1 Å². The second-order valence-electron chi connectivity index (χ2n) is 7.18. The van der Waals surface area contributed by atoms with Crippen LogP contribution in [0.1, 0.15) is 37.1 Å². The van der Waals surface area contributed by atoms with Crippen molar-refractivity contribution in [3.05, 3.63) is 59.2 Å². The van der Waals surface area contributed by atoms with Crippen LogP contribution in [0.3, 0.4) is 0 Å².